The fraction of sp³-hybridized carbons (Fsp3) is 0.182. The predicted molar refractivity (Wildman–Crippen MR) is 64.2 cm³/mol. The van der Waals surface area contributed by atoms with E-state index in [0.717, 1.165) is 12.1 Å². The summed E-state index contributed by atoms with van der Waals surface area (Å²) < 4.78 is 42.7. The molecule has 0 bridgehead atoms. The average molecular weight is 287 g/mol. The van der Waals surface area contributed by atoms with E-state index in [1.807, 2.05) is 0 Å². The van der Waals surface area contributed by atoms with Crippen LogP contribution in [-0.2, 0) is 6.18 Å². The SMILES string of the molecule is COc1nc(=S)nc(-c2cccc(C(F)(F)F)c2)[nH]1. The Bertz CT molecular complexity index is 654. The van der Waals surface area contributed by atoms with Gasteiger partial charge in [-0.25, -0.2) is 4.98 Å². The van der Waals surface area contributed by atoms with E-state index in [1.165, 1.54) is 19.2 Å². The van der Waals surface area contributed by atoms with Crippen LogP contribution in [0.1, 0.15) is 5.56 Å². The second kappa shape index (κ2) is 4.96. The monoisotopic (exact) mass is 287 g/mol. The number of rotatable bonds is 2. The molecule has 1 N–H and O–H groups in total. The number of hydrogen-bond donors (Lipinski definition) is 1. The maximum Gasteiger partial charge on any atom is 0.416 e. The molecule has 0 saturated carbocycles. The van der Waals surface area contributed by atoms with Crippen LogP contribution in [0.25, 0.3) is 11.4 Å². The molecule has 2 aromatic rings. The molecule has 0 saturated heterocycles. The number of H-pyrrole nitrogens is 1. The molecule has 0 atom stereocenters. The van der Waals surface area contributed by atoms with Gasteiger partial charge in [0.2, 0.25) is 4.77 Å². The van der Waals surface area contributed by atoms with E-state index >= 15 is 0 Å². The zero-order chi connectivity index (χ0) is 14.0. The second-order valence-corrected chi connectivity index (χ2v) is 3.93. The Labute approximate surface area is 111 Å². The molecule has 1 aromatic heterocycles. The summed E-state index contributed by atoms with van der Waals surface area (Å²) in [7, 11) is 1.36. The summed E-state index contributed by atoms with van der Waals surface area (Å²) in [6, 6.07) is 4.84. The van der Waals surface area contributed by atoms with Gasteiger partial charge in [0.05, 0.1) is 12.7 Å². The Balaban J connectivity index is 2.53. The van der Waals surface area contributed by atoms with Gasteiger partial charge in [0.25, 0.3) is 6.01 Å². The van der Waals surface area contributed by atoms with Gasteiger partial charge < -0.3 is 4.74 Å². The fourth-order valence-electron chi connectivity index (χ4n) is 1.44. The van der Waals surface area contributed by atoms with Gasteiger partial charge in [0, 0.05) is 5.56 Å². The first-order valence-corrected chi connectivity index (χ1v) is 5.51. The number of nitrogens with one attached hydrogen (secondary N) is 1. The second-order valence-electron chi connectivity index (χ2n) is 3.57. The van der Waals surface area contributed by atoms with Crippen molar-refractivity contribution in [2.75, 3.05) is 7.11 Å². The lowest BCUT2D eigenvalue weighted by Gasteiger charge is -2.08. The summed E-state index contributed by atoms with van der Waals surface area (Å²) in [5.74, 6) is 0.169. The van der Waals surface area contributed by atoms with Crippen LogP contribution < -0.4 is 4.74 Å². The largest absolute Gasteiger partial charge is 0.468 e. The average Bonchev–Trinajstić information content (AvgIpc) is 2.37. The van der Waals surface area contributed by atoms with Crippen LogP contribution in [0.5, 0.6) is 6.01 Å². The summed E-state index contributed by atoms with van der Waals surface area (Å²) in [6.07, 6.45) is -4.41. The fourth-order valence-corrected chi connectivity index (χ4v) is 1.62. The molecule has 4 nitrogen and oxygen atoms in total. The molecular formula is C11H8F3N3OS. The molecule has 0 aliphatic carbocycles. The highest BCUT2D eigenvalue weighted by Crippen LogP contribution is 2.31. The van der Waals surface area contributed by atoms with Crippen LogP contribution in [0.3, 0.4) is 0 Å². The van der Waals surface area contributed by atoms with E-state index in [1.54, 1.807) is 0 Å². The van der Waals surface area contributed by atoms with Crippen LogP contribution in [0.2, 0.25) is 0 Å². The van der Waals surface area contributed by atoms with Gasteiger partial charge in [0.1, 0.15) is 5.82 Å². The number of nitrogens with zero attached hydrogens (tertiary/aromatic N) is 2. The number of benzene rings is 1. The molecule has 0 radical (unpaired) electrons. The van der Waals surface area contributed by atoms with E-state index in [9.17, 15) is 13.2 Å². The lowest BCUT2D eigenvalue weighted by molar-refractivity contribution is -0.137. The number of hydrogen-bond acceptors (Lipinski definition) is 4. The number of halogens is 3. The first-order valence-electron chi connectivity index (χ1n) is 5.10. The van der Waals surface area contributed by atoms with Crippen molar-refractivity contribution in [3.05, 3.63) is 34.6 Å². The summed E-state index contributed by atoms with van der Waals surface area (Å²) >= 11 is 4.82. The number of alkyl halides is 3. The molecule has 0 unspecified atom stereocenters. The summed E-state index contributed by atoms with van der Waals surface area (Å²) in [6.45, 7) is 0. The molecule has 1 aromatic carbocycles. The van der Waals surface area contributed by atoms with Gasteiger partial charge in [0.15, 0.2) is 0 Å². The number of aromatic nitrogens is 3. The van der Waals surface area contributed by atoms with Crippen molar-refractivity contribution in [2.45, 2.75) is 6.18 Å². The molecule has 2 rings (SSSR count). The third-order valence-electron chi connectivity index (χ3n) is 2.29. The minimum Gasteiger partial charge on any atom is -0.468 e. The Morgan fingerprint density at radius 3 is 2.63 bits per heavy atom. The molecule has 0 amide bonds. The van der Waals surface area contributed by atoms with E-state index in [4.69, 9.17) is 17.0 Å². The standard InChI is InChI=1S/C11H8F3N3OS/c1-18-9-15-8(16-10(19)17-9)6-3-2-4-7(5-6)11(12,13)14/h2-5H,1H3,(H,15,16,17,19). The van der Waals surface area contributed by atoms with Crippen LogP contribution in [0, 0.1) is 4.77 Å². The smallest absolute Gasteiger partial charge is 0.416 e. The van der Waals surface area contributed by atoms with Gasteiger partial charge >= 0.3 is 6.18 Å². The van der Waals surface area contributed by atoms with Crippen LogP contribution in [-0.4, -0.2) is 22.1 Å². The zero-order valence-corrected chi connectivity index (χ0v) is 10.5. The molecule has 1 heterocycles. The van der Waals surface area contributed by atoms with Crippen LogP contribution >= 0.6 is 12.2 Å². The Kier molecular flexibility index (Phi) is 3.52. The van der Waals surface area contributed by atoms with Crippen molar-refractivity contribution in [3.63, 3.8) is 0 Å². The minimum atomic E-state index is -4.41. The third kappa shape index (κ3) is 3.08. The van der Waals surface area contributed by atoms with Gasteiger partial charge in [-0.1, -0.05) is 12.1 Å². The van der Waals surface area contributed by atoms with Gasteiger partial charge in [-0.05, 0) is 24.4 Å². The van der Waals surface area contributed by atoms with Gasteiger partial charge in [-0.3, -0.25) is 4.98 Å². The summed E-state index contributed by atoms with van der Waals surface area (Å²) in [5.41, 5.74) is -0.511. The molecule has 19 heavy (non-hydrogen) atoms. The minimum absolute atomic E-state index is 0.0111. The molecular weight excluding hydrogens is 279 g/mol. The quantitative estimate of drug-likeness (QED) is 0.862. The van der Waals surface area contributed by atoms with Crippen molar-refractivity contribution < 1.29 is 17.9 Å². The molecule has 0 fully saturated rings. The van der Waals surface area contributed by atoms with Crippen molar-refractivity contribution >= 4 is 12.2 Å². The first-order chi connectivity index (χ1) is 8.90. The molecule has 100 valence electrons. The van der Waals surface area contributed by atoms with E-state index in [2.05, 4.69) is 15.0 Å². The third-order valence-corrected chi connectivity index (χ3v) is 2.47. The van der Waals surface area contributed by atoms with Crippen molar-refractivity contribution in [3.8, 4) is 17.4 Å². The van der Waals surface area contributed by atoms with E-state index in [-0.39, 0.29) is 22.2 Å². The molecule has 0 spiro atoms. The Morgan fingerprint density at radius 2 is 2.00 bits per heavy atom. The zero-order valence-electron chi connectivity index (χ0n) is 9.65. The van der Waals surface area contributed by atoms with Gasteiger partial charge in [-0.15, -0.1) is 0 Å². The number of ether oxygens (including phenoxy) is 1. The van der Waals surface area contributed by atoms with Crippen LogP contribution in [0.4, 0.5) is 13.2 Å². The highest BCUT2D eigenvalue weighted by atomic mass is 32.1. The maximum absolute atomic E-state index is 12.6. The Morgan fingerprint density at radius 1 is 1.26 bits per heavy atom. The maximum atomic E-state index is 12.6. The summed E-state index contributed by atoms with van der Waals surface area (Å²) in [4.78, 5) is 10.3. The predicted octanol–water partition coefficient (Wildman–Crippen LogP) is 3.23. The Hall–Kier alpha value is -1.96. The molecule has 0 aliphatic heterocycles. The molecule has 0 aliphatic rings. The highest BCUT2D eigenvalue weighted by Gasteiger charge is 2.30. The van der Waals surface area contributed by atoms with Crippen molar-refractivity contribution in [1.82, 2.24) is 15.0 Å². The topological polar surface area (TPSA) is 50.8 Å². The summed E-state index contributed by atoms with van der Waals surface area (Å²) in [5, 5.41) is 0. The highest BCUT2D eigenvalue weighted by molar-refractivity contribution is 7.71. The van der Waals surface area contributed by atoms with Crippen molar-refractivity contribution in [2.24, 2.45) is 0 Å². The van der Waals surface area contributed by atoms with E-state index < -0.39 is 11.7 Å². The number of aromatic amines is 1. The molecule has 8 heteroatoms. The van der Waals surface area contributed by atoms with E-state index in [0.29, 0.717) is 0 Å². The number of methoxy groups -OCH3 is 1. The first kappa shape index (κ1) is 13.5. The lowest BCUT2D eigenvalue weighted by atomic mass is 10.1. The van der Waals surface area contributed by atoms with Gasteiger partial charge in [-0.2, -0.15) is 18.2 Å². The normalized spacial score (nSPS) is 11.4. The van der Waals surface area contributed by atoms with Crippen molar-refractivity contribution in [1.29, 1.82) is 0 Å². The lowest BCUT2D eigenvalue weighted by Crippen LogP contribution is -2.05. The van der Waals surface area contributed by atoms with Crippen LogP contribution in [0.15, 0.2) is 24.3 Å².